The summed E-state index contributed by atoms with van der Waals surface area (Å²) in [5.74, 6) is -0.131. The van der Waals surface area contributed by atoms with E-state index in [1.807, 2.05) is 13.8 Å². The van der Waals surface area contributed by atoms with Crippen LogP contribution in [0.25, 0.3) is 0 Å². The summed E-state index contributed by atoms with van der Waals surface area (Å²) in [5.41, 5.74) is 0. The van der Waals surface area contributed by atoms with Gasteiger partial charge in [-0.1, -0.05) is 13.8 Å². The van der Waals surface area contributed by atoms with Gasteiger partial charge < -0.3 is 9.47 Å². The first kappa shape index (κ1) is 13.9. The maximum atomic E-state index is 11.1. The molecule has 0 fully saturated rings. The largest absolute Gasteiger partial charge is 0.466 e. The van der Waals surface area contributed by atoms with Crippen LogP contribution in [0, 0.1) is 5.92 Å². The van der Waals surface area contributed by atoms with Crippen molar-refractivity contribution in [1.82, 2.24) is 0 Å². The maximum absolute atomic E-state index is 11.1. The van der Waals surface area contributed by atoms with Gasteiger partial charge in [0.2, 0.25) is 0 Å². The molecule has 0 atom stereocenters. The fraction of sp³-hybridized carbons (Fsp3) is 0.818. The van der Waals surface area contributed by atoms with Gasteiger partial charge in [0.15, 0.2) is 0 Å². The maximum Gasteiger partial charge on any atom is 0.306 e. The van der Waals surface area contributed by atoms with Gasteiger partial charge in [-0.15, -0.1) is 0 Å². The molecule has 88 valence electrons. The quantitative estimate of drug-likeness (QED) is 0.482. The average molecular weight is 216 g/mol. The molecule has 0 N–H and O–H groups in total. The van der Waals surface area contributed by atoms with E-state index in [2.05, 4.69) is 0 Å². The zero-order valence-corrected chi connectivity index (χ0v) is 9.75. The molecule has 0 aromatic heterocycles. The number of rotatable bonds is 7. The van der Waals surface area contributed by atoms with Crippen molar-refractivity contribution in [3.8, 4) is 0 Å². The van der Waals surface area contributed by atoms with Gasteiger partial charge >= 0.3 is 11.9 Å². The van der Waals surface area contributed by atoms with E-state index < -0.39 is 0 Å². The summed E-state index contributed by atoms with van der Waals surface area (Å²) in [6.07, 6.45) is 1.27. The van der Waals surface area contributed by atoms with E-state index in [0.29, 0.717) is 38.4 Å². The van der Waals surface area contributed by atoms with Gasteiger partial charge in [-0.3, -0.25) is 9.59 Å². The van der Waals surface area contributed by atoms with E-state index in [1.54, 1.807) is 6.92 Å². The molecule has 0 radical (unpaired) electrons. The molecular formula is C11H20O4. The lowest BCUT2D eigenvalue weighted by molar-refractivity contribution is -0.147. The molecule has 0 rings (SSSR count). The molecule has 0 aliphatic heterocycles. The van der Waals surface area contributed by atoms with Crippen LogP contribution in [0.15, 0.2) is 0 Å². The summed E-state index contributed by atoms with van der Waals surface area (Å²) in [6, 6.07) is 0. The van der Waals surface area contributed by atoms with Crippen molar-refractivity contribution in [2.75, 3.05) is 13.2 Å². The van der Waals surface area contributed by atoms with Crippen LogP contribution < -0.4 is 0 Å². The number of esters is 2. The first-order chi connectivity index (χ1) is 7.06. The Kier molecular flexibility index (Phi) is 7.68. The van der Waals surface area contributed by atoms with Crippen LogP contribution in [0.5, 0.6) is 0 Å². The smallest absolute Gasteiger partial charge is 0.306 e. The first-order valence-corrected chi connectivity index (χ1v) is 5.37. The number of carbonyl (C=O) groups excluding carboxylic acids is 2. The van der Waals surface area contributed by atoms with Crippen molar-refractivity contribution in [3.05, 3.63) is 0 Å². The lowest BCUT2D eigenvalue weighted by atomic mass is 10.1. The molecule has 15 heavy (non-hydrogen) atoms. The summed E-state index contributed by atoms with van der Waals surface area (Å²) < 4.78 is 9.67. The summed E-state index contributed by atoms with van der Waals surface area (Å²) >= 11 is 0. The van der Waals surface area contributed by atoms with E-state index >= 15 is 0 Å². The molecule has 4 nitrogen and oxygen atoms in total. The zero-order valence-electron chi connectivity index (χ0n) is 9.75. The van der Waals surface area contributed by atoms with Crippen LogP contribution in [0.1, 0.15) is 40.0 Å². The monoisotopic (exact) mass is 216 g/mol. The van der Waals surface area contributed by atoms with Crippen LogP contribution in [0.2, 0.25) is 0 Å². The predicted molar refractivity (Wildman–Crippen MR) is 56.3 cm³/mol. The van der Waals surface area contributed by atoms with Crippen LogP contribution in [-0.4, -0.2) is 25.2 Å². The van der Waals surface area contributed by atoms with Crippen LogP contribution in [0.4, 0.5) is 0 Å². The van der Waals surface area contributed by atoms with Gasteiger partial charge in [0.05, 0.1) is 13.2 Å². The van der Waals surface area contributed by atoms with Gasteiger partial charge in [0.25, 0.3) is 0 Å². The molecule has 0 aliphatic carbocycles. The highest BCUT2D eigenvalue weighted by atomic mass is 16.5. The molecular weight excluding hydrogens is 196 g/mol. The second-order valence-electron chi connectivity index (χ2n) is 3.73. The highest BCUT2D eigenvalue weighted by molar-refractivity contribution is 5.70. The Morgan fingerprint density at radius 3 is 2.33 bits per heavy atom. The third-order valence-electron chi connectivity index (χ3n) is 1.67. The Morgan fingerprint density at radius 2 is 1.80 bits per heavy atom. The third-order valence-corrected chi connectivity index (χ3v) is 1.67. The molecule has 0 bridgehead atoms. The molecule has 0 saturated heterocycles. The highest BCUT2D eigenvalue weighted by Crippen LogP contribution is 2.02. The summed E-state index contributed by atoms with van der Waals surface area (Å²) in [4.78, 5) is 22.0. The Balaban J connectivity index is 3.38. The minimum atomic E-state index is -0.239. The van der Waals surface area contributed by atoms with Crippen molar-refractivity contribution >= 4 is 11.9 Å². The molecule has 0 aromatic carbocycles. The Morgan fingerprint density at radius 1 is 1.13 bits per heavy atom. The van der Waals surface area contributed by atoms with Crippen molar-refractivity contribution in [1.29, 1.82) is 0 Å². The van der Waals surface area contributed by atoms with E-state index in [0.717, 1.165) is 0 Å². The van der Waals surface area contributed by atoms with Crippen LogP contribution in [-0.2, 0) is 19.1 Å². The van der Waals surface area contributed by atoms with E-state index in [1.165, 1.54) is 0 Å². The lowest BCUT2D eigenvalue weighted by Gasteiger charge is -2.06. The fourth-order valence-electron chi connectivity index (χ4n) is 1.03. The highest BCUT2D eigenvalue weighted by Gasteiger charge is 2.06. The molecule has 0 heterocycles. The summed E-state index contributed by atoms with van der Waals surface area (Å²) in [7, 11) is 0. The number of ether oxygens (including phenoxy) is 2. The molecule has 0 spiro atoms. The Labute approximate surface area is 90.9 Å². The molecule has 0 aliphatic rings. The van der Waals surface area contributed by atoms with Gasteiger partial charge in [-0.2, -0.15) is 0 Å². The molecule has 0 saturated carbocycles. The number of hydrogen-bond acceptors (Lipinski definition) is 4. The first-order valence-electron chi connectivity index (χ1n) is 5.37. The van der Waals surface area contributed by atoms with E-state index in [4.69, 9.17) is 9.47 Å². The Hall–Kier alpha value is -1.06. The van der Waals surface area contributed by atoms with Gasteiger partial charge in [-0.05, 0) is 19.3 Å². The SMILES string of the molecule is CCOC(=O)CCCOC(=O)CC(C)C. The minimum absolute atomic E-state index is 0.200. The average Bonchev–Trinajstić information content (AvgIpc) is 2.12. The molecule has 4 heteroatoms. The second-order valence-corrected chi connectivity index (χ2v) is 3.73. The van der Waals surface area contributed by atoms with Crippen molar-refractivity contribution in [2.45, 2.75) is 40.0 Å². The second kappa shape index (κ2) is 8.26. The lowest BCUT2D eigenvalue weighted by Crippen LogP contribution is -2.10. The molecule has 0 aromatic rings. The zero-order chi connectivity index (χ0) is 11.7. The standard InChI is InChI=1S/C11H20O4/c1-4-14-10(12)6-5-7-15-11(13)8-9(2)3/h9H,4-8H2,1-3H3. The normalized spacial score (nSPS) is 10.1. The predicted octanol–water partition coefficient (Wildman–Crippen LogP) is 1.92. The van der Waals surface area contributed by atoms with E-state index in [9.17, 15) is 9.59 Å². The molecule has 0 unspecified atom stereocenters. The van der Waals surface area contributed by atoms with Crippen LogP contribution >= 0.6 is 0 Å². The van der Waals surface area contributed by atoms with Gasteiger partial charge in [0, 0.05) is 12.8 Å². The third kappa shape index (κ3) is 9.25. The minimum Gasteiger partial charge on any atom is -0.466 e. The van der Waals surface area contributed by atoms with Gasteiger partial charge in [0.1, 0.15) is 0 Å². The Bertz CT molecular complexity index is 199. The molecule has 0 amide bonds. The summed E-state index contributed by atoms with van der Waals surface area (Å²) in [5, 5.41) is 0. The topological polar surface area (TPSA) is 52.6 Å². The number of hydrogen-bond donors (Lipinski definition) is 0. The summed E-state index contributed by atoms with van der Waals surface area (Å²) in [6.45, 7) is 6.37. The van der Waals surface area contributed by atoms with Crippen molar-refractivity contribution < 1.29 is 19.1 Å². The van der Waals surface area contributed by atoms with Crippen LogP contribution in [0.3, 0.4) is 0 Å². The van der Waals surface area contributed by atoms with Gasteiger partial charge in [-0.25, -0.2) is 0 Å². The van der Waals surface area contributed by atoms with Crippen molar-refractivity contribution in [2.24, 2.45) is 5.92 Å². The van der Waals surface area contributed by atoms with E-state index in [-0.39, 0.29) is 11.9 Å². The number of carbonyl (C=O) groups is 2. The fourth-order valence-corrected chi connectivity index (χ4v) is 1.03. The van der Waals surface area contributed by atoms with Crippen molar-refractivity contribution in [3.63, 3.8) is 0 Å².